The quantitative estimate of drug-likeness (QED) is 0.430. The summed E-state index contributed by atoms with van der Waals surface area (Å²) in [5, 5.41) is 9.52. The summed E-state index contributed by atoms with van der Waals surface area (Å²) in [6, 6.07) is 0. The zero-order chi connectivity index (χ0) is 27.1. The molecular formula is C13H5F15O6. The van der Waals surface area contributed by atoms with Gasteiger partial charge in [-0.2, -0.15) is 0 Å². The fraction of sp³-hybridized carbons (Fsp3) is 0.538. The van der Waals surface area contributed by atoms with Crippen molar-refractivity contribution in [2.24, 2.45) is 0 Å². The Morgan fingerprint density at radius 1 is 0.441 bits per heavy atom. The normalized spacial score (nSPS) is 14.5. The number of hydrogen-bond donors (Lipinski definition) is 1. The van der Waals surface area contributed by atoms with Gasteiger partial charge in [0.05, 0.1) is 11.7 Å². The molecule has 1 aromatic rings. The summed E-state index contributed by atoms with van der Waals surface area (Å²) < 4.78 is 205. The Kier molecular flexibility index (Phi) is 7.77. The van der Waals surface area contributed by atoms with Gasteiger partial charge in [-0.15, -0.1) is 65.9 Å². The molecule has 0 aliphatic carbocycles. The van der Waals surface area contributed by atoms with Crippen molar-refractivity contribution in [3.05, 3.63) is 5.56 Å². The lowest BCUT2D eigenvalue weighted by Crippen LogP contribution is -2.28. The number of hydrogen-bond acceptors (Lipinski definition) is 6. The molecule has 1 N–H and O–H groups in total. The standard InChI is InChI=1S/C13H5F15O6/c1-2(29)3-4(30-9(14,15)16)6(32-11(20,21)22)8(34-13(26,27)28)7(33-12(23,24)25)5(3)31-10(17,18)19/h2,29H,1H3. The monoisotopic (exact) mass is 542 g/mol. The van der Waals surface area contributed by atoms with Gasteiger partial charge in [0, 0.05) is 0 Å². The molecule has 0 fully saturated rings. The second kappa shape index (κ2) is 9.06. The van der Waals surface area contributed by atoms with Crippen LogP contribution in [0.25, 0.3) is 0 Å². The van der Waals surface area contributed by atoms with E-state index in [1.165, 1.54) is 0 Å². The van der Waals surface area contributed by atoms with Gasteiger partial charge < -0.3 is 28.8 Å². The van der Waals surface area contributed by atoms with Crippen LogP contribution in [0, 0.1) is 0 Å². The predicted octanol–water partition coefficient (Wildman–Crippen LogP) is 6.23. The first kappa shape index (κ1) is 29.2. The van der Waals surface area contributed by atoms with E-state index in [1.54, 1.807) is 0 Å². The van der Waals surface area contributed by atoms with Crippen molar-refractivity contribution < 1.29 is 94.6 Å². The van der Waals surface area contributed by atoms with Crippen molar-refractivity contribution in [1.29, 1.82) is 0 Å². The molecule has 1 rings (SSSR count). The fourth-order valence-electron chi connectivity index (χ4n) is 2.10. The summed E-state index contributed by atoms with van der Waals surface area (Å²) in [6.07, 6.45) is -34.4. The van der Waals surface area contributed by atoms with Gasteiger partial charge in [-0.1, -0.05) is 0 Å². The van der Waals surface area contributed by atoms with Crippen molar-refractivity contribution in [1.82, 2.24) is 0 Å². The zero-order valence-corrected chi connectivity index (χ0v) is 15.2. The molecule has 0 aliphatic heterocycles. The Labute approximate surface area is 175 Å². The summed E-state index contributed by atoms with van der Waals surface area (Å²) in [7, 11) is 0. The second-order valence-electron chi connectivity index (χ2n) is 5.47. The third kappa shape index (κ3) is 9.17. The molecule has 0 aliphatic rings. The summed E-state index contributed by atoms with van der Waals surface area (Å²) in [5.74, 6) is -14.9. The Morgan fingerprint density at radius 2 is 0.618 bits per heavy atom. The summed E-state index contributed by atoms with van der Waals surface area (Å²) in [6.45, 7) is 0.167. The van der Waals surface area contributed by atoms with Gasteiger partial charge in [0.25, 0.3) is 0 Å². The van der Waals surface area contributed by atoms with E-state index in [4.69, 9.17) is 0 Å². The fourth-order valence-corrected chi connectivity index (χ4v) is 2.10. The Hall–Kier alpha value is -2.87. The molecule has 0 spiro atoms. The van der Waals surface area contributed by atoms with E-state index in [1.807, 2.05) is 0 Å². The first-order valence-corrected chi connectivity index (χ1v) is 7.50. The smallest absolute Gasteiger partial charge is 0.401 e. The first-order valence-electron chi connectivity index (χ1n) is 7.50. The lowest BCUT2D eigenvalue weighted by atomic mass is 10.0. The Balaban J connectivity index is 4.37. The number of benzene rings is 1. The number of ether oxygens (including phenoxy) is 5. The number of halogens is 15. The van der Waals surface area contributed by atoms with E-state index in [2.05, 4.69) is 23.7 Å². The van der Waals surface area contributed by atoms with Crippen LogP contribution in [-0.4, -0.2) is 36.9 Å². The molecule has 198 valence electrons. The largest absolute Gasteiger partial charge is 0.573 e. The van der Waals surface area contributed by atoms with Crippen LogP contribution >= 0.6 is 0 Å². The van der Waals surface area contributed by atoms with Gasteiger partial charge in [0.15, 0.2) is 11.5 Å². The molecule has 0 heterocycles. The van der Waals surface area contributed by atoms with E-state index in [0.29, 0.717) is 0 Å². The molecule has 0 amide bonds. The zero-order valence-electron chi connectivity index (χ0n) is 15.2. The van der Waals surface area contributed by atoms with Crippen molar-refractivity contribution in [2.75, 3.05) is 0 Å². The van der Waals surface area contributed by atoms with E-state index in [-0.39, 0.29) is 6.92 Å². The van der Waals surface area contributed by atoms with Gasteiger partial charge in [0.2, 0.25) is 17.2 Å². The summed E-state index contributed by atoms with van der Waals surface area (Å²) in [4.78, 5) is 0. The van der Waals surface area contributed by atoms with Crippen LogP contribution in [0.5, 0.6) is 28.7 Å². The van der Waals surface area contributed by atoms with Crippen molar-refractivity contribution >= 4 is 0 Å². The van der Waals surface area contributed by atoms with Crippen LogP contribution < -0.4 is 23.7 Å². The van der Waals surface area contributed by atoms with Crippen molar-refractivity contribution in [3.8, 4) is 28.7 Å². The first-order chi connectivity index (χ1) is 14.8. The Morgan fingerprint density at radius 3 is 0.794 bits per heavy atom. The average Bonchev–Trinajstić information content (AvgIpc) is 2.48. The molecule has 0 aromatic heterocycles. The summed E-state index contributed by atoms with van der Waals surface area (Å²) in [5.41, 5.74) is -2.34. The van der Waals surface area contributed by atoms with E-state index >= 15 is 0 Å². The lowest BCUT2D eigenvalue weighted by Gasteiger charge is -2.27. The molecule has 0 saturated heterocycles. The highest BCUT2D eigenvalue weighted by molar-refractivity contribution is 5.71. The molecular weight excluding hydrogens is 537 g/mol. The van der Waals surface area contributed by atoms with Gasteiger partial charge >= 0.3 is 31.8 Å². The molecule has 0 bridgehead atoms. The maximum Gasteiger partial charge on any atom is 0.573 e. The SMILES string of the molecule is CC(O)c1c(OC(F)(F)F)c(OC(F)(F)F)c(OC(F)(F)F)c(OC(F)(F)F)c1OC(F)(F)F. The second-order valence-corrected chi connectivity index (χ2v) is 5.47. The number of rotatable bonds is 6. The summed E-state index contributed by atoms with van der Waals surface area (Å²) >= 11 is 0. The van der Waals surface area contributed by atoms with Crippen LogP contribution in [0.1, 0.15) is 18.6 Å². The minimum Gasteiger partial charge on any atom is -0.401 e. The van der Waals surface area contributed by atoms with E-state index < -0.39 is 72.2 Å². The van der Waals surface area contributed by atoms with Gasteiger partial charge in [-0.05, 0) is 6.92 Å². The minimum atomic E-state index is -6.37. The van der Waals surface area contributed by atoms with Crippen molar-refractivity contribution in [3.63, 3.8) is 0 Å². The number of aliphatic hydroxyl groups excluding tert-OH is 1. The van der Waals surface area contributed by atoms with Crippen LogP contribution in [0.15, 0.2) is 0 Å². The molecule has 21 heteroatoms. The highest BCUT2D eigenvalue weighted by atomic mass is 19.4. The topological polar surface area (TPSA) is 66.4 Å². The number of alkyl halides is 15. The molecule has 1 unspecified atom stereocenters. The van der Waals surface area contributed by atoms with Gasteiger partial charge in [0.1, 0.15) is 0 Å². The van der Waals surface area contributed by atoms with Crippen LogP contribution in [0.3, 0.4) is 0 Å². The van der Waals surface area contributed by atoms with E-state index in [9.17, 15) is 71.0 Å². The highest BCUT2D eigenvalue weighted by Crippen LogP contribution is 2.60. The molecule has 0 radical (unpaired) electrons. The predicted molar refractivity (Wildman–Crippen MR) is 70.5 cm³/mol. The Bertz CT molecular complexity index is 805. The van der Waals surface area contributed by atoms with Gasteiger partial charge in [-0.25, -0.2) is 0 Å². The number of aliphatic hydroxyl groups is 1. The highest BCUT2D eigenvalue weighted by Gasteiger charge is 2.49. The van der Waals surface area contributed by atoms with Crippen LogP contribution in [-0.2, 0) is 0 Å². The third-order valence-electron chi connectivity index (χ3n) is 2.82. The molecule has 34 heavy (non-hydrogen) atoms. The maximum atomic E-state index is 12.7. The van der Waals surface area contributed by atoms with E-state index in [0.717, 1.165) is 0 Å². The molecule has 6 nitrogen and oxygen atoms in total. The maximum absolute atomic E-state index is 12.7. The van der Waals surface area contributed by atoms with Gasteiger partial charge in [-0.3, -0.25) is 0 Å². The minimum absolute atomic E-state index is 0.167. The molecule has 1 atom stereocenters. The molecule has 1 aromatic carbocycles. The average molecular weight is 542 g/mol. The van der Waals surface area contributed by atoms with Crippen LogP contribution in [0.2, 0.25) is 0 Å². The van der Waals surface area contributed by atoms with Crippen molar-refractivity contribution in [2.45, 2.75) is 44.8 Å². The molecule has 0 saturated carbocycles. The lowest BCUT2D eigenvalue weighted by molar-refractivity contribution is -0.300. The third-order valence-corrected chi connectivity index (χ3v) is 2.82. The van der Waals surface area contributed by atoms with Crippen LogP contribution in [0.4, 0.5) is 65.9 Å².